The van der Waals surface area contributed by atoms with Crippen molar-refractivity contribution in [3.8, 4) is 0 Å². The smallest absolute Gasteiger partial charge is 0.0966 e. The van der Waals surface area contributed by atoms with Crippen LogP contribution in [0.4, 0.5) is 0 Å². The standard InChI is InChI=1S/C16H32N4/c1-14(2)17-6-10-19(11-7-17)16(5)20-12-8-18(9-13-20)15(3)4/h14-15H,5-13H2,1-4H3. The van der Waals surface area contributed by atoms with Gasteiger partial charge in [-0.1, -0.05) is 6.58 Å². The highest BCUT2D eigenvalue weighted by molar-refractivity contribution is 4.98. The molecule has 116 valence electrons. The van der Waals surface area contributed by atoms with Crippen molar-refractivity contribution in [2.75, 3.05) is 52.4 Å². The average Bonchev–Trinajstić information content (AvgIpc) is 2.46. The van der Waals surface area contributed by atoms with Gasteiger partial charge in [0.25, 0.3) is 0 Å². The molecule has 0 saturated carbocycles. The molecule has 0 aliphatic carbocycles. The van der Waals surface area contributed by atoms with Gasteiger partial charge in [-0.25, -0.2) is 0 Å². The van der Waals surface area contributed by atoms with Crippen LogP contribution in [0.5, 0.6) is 0 Å². The van der Waals surface area contributed by atoms with E-state index in [-0.39, 0.29) is 0 Å². The number of piperazine rings is 2. The molecular formula is C16H32N4. The summed E-state index contributed by atoms with van der Waals surface area (Å²) in [7, 11) is 0. The van der Waals surface area contributed by atoms with Gasteiger partial charge in [-0.3, -0.25) is 9.80 Å². The van der Waals surface area contributed by atoms with E-state index in [1.165, 1.54) is 32.0 Å². The van der Waals surface area contributed by atoms with Crippen molar-refractivity contribution in [2.45, 2.75) is 39.8 Å². The van der Waals surface area contributed by atoms with Crippen LogP contribution in [0.25, 0.3) is 0 Å². The zero-order chi connectivity index (χ0) is 14.7. The van der Waals surface area contributed by atoms with E-state index in [0.29, 0.717) is 12.1 Å². The van der Waals surface area contributed by atoms with E-state index in [9.17, 15) is 0 Å². The minimum absolute atomic E-state index is 0.667. The van der Waals surface area contributed by atoms with Crippen molar-refractivity contribution in [1.29, 1.82) is 0 Å². The third-order valence-electron chi connectivity index (χ3n) is 4.82. The van der Waals surface area contributed by atoms with Gasteiger partial charge in [0.1, 0.15) is 0 Å². The van der Waals surface area contributed by atoms with Crippen LogP contribution in [0.1, 0.15) is 27.7 Å². The van der Waals surface area contributed by atoms with Gasteiger partial charge < -0.3 is 9.80 Å². The normalized spacial score (nSPS) is 22.9. The SMILES string of the molecule is C=C(N1CCN(C(C)C)CC1)N1CCN(C(C)C)CC1. The van der Waals surface area contributed by atoms with Crippen molar-refractivity contribution in [3.63, 3.8) is 0 Å². The number of hydrogen-bond donors (Lipinski definition) is 0. The molecule has 0 spiro atoms. The molecule has 2 fully saturated rings. The number of hydrogen-bond acceptors (Lipinski definition) is 4. The molecular weight excluding hydrogens is 248 g/mol. The van der Waals surface area contributed by atoms with Crippen LogP contribution in [0, 0.1) is 0 Å². The molecule has 2 rings (SSSR count). The van der Waals surface area contributed by atoms with Crippen LogP contribution in [-0.2, 0) is 0 Å². The van der Waals surface area contributed by atoms with Crippen molar-refractivity contribution in [3.05, 3.63) is 12.4 Å². The van der Waals surface area contributed by atoms with E-state index in [2.05, 4.69) is 53.9 Å². The molecule has 0 amide bonds. The molecule has 2 aliphatic heterocycles. The predicted molar refractivity (Wildman–Crippen MR) is 85.7 cm³/mol. The molecule has 2 saturated heterocycles. The minimum atomic E-state index is 0.667. The maximum absolute atomic E-state index is 4.36. The first-order valence-corrected chi connectivity index (χ1v) is 8.16. The monoisotopic (exact) mass is 280 g/mol. The third-order valence-corrected chi connectivity index (χ3v) is 4.82. The molecule has 0 unspecified atom stereocenters. The van der Waals surface area contributed by atoms with Gasteiger partial charge >= 0.3 is 0 Å². The van der Waals surface area contributed by atoms with E-state index in [4.69, 9.17) is 0 Å². The van der Waals surface area contributed by atoms with E-state index in [1.807, 2.05) is 0 Å². The molecule has 0 aromatic heterocycles. The third kappa shape index (κ3) is 3.67. The van der Waals surface area contributed by atoms with Crippen molar-refractivity contribution >= 4 is 0 Å². The second-order valence-electron chi connectivity index (χ2n) is 6.65. The molecule has 4 nitrogen and oxygen atoms in total. The Kier molecular flexibility index (Phi) is 5.33. The van der Waals surface area contributed by atoms with Gasteiger partial charge in [-0.2, -0.15) is 0 Å². The molecule has 0 aromatic rings. The Bertz CT molecular complexity index is 280. The Morgan fingerprint density at radius 1 is 0.650 bits per heavy atom. The van der Waals surface area contributed by atoms with Crippen LogP contribution in [0.2, 0.25) is 0 Å². The van der Waals surface area contributed by atoms with Gasteiger partial charge in [0.15, 0.2) is 0 Å². The fourth-order valence-corrected chi connectivity index (χ4v) is 3.19. The summed E-state index contributed by atoms with van der Waals surface area (Å²) in [4.78, 5) is 10.1. The van der Waals surface area contributed by atoms with Gasteiger partial charge in [0, 0.05) is 64.4 Å². The van der Waals surface area contributed by atoms with E-state index in [0.717, 1.165) is 26.2 Å². The quantitative estimate of drug-likeness (QED) is 0.774. The Hall–Kier alpha value is -0.740. The zero-order valence-corrected chi connectivity index (χ0v) is 13.8. The summed E-state index contributed by atoms with van der Waals surface area (Å²) >= 11 is 0. The molecule has 0 aromatic carbocycles. The summed E-state index contributed by atoms with van der Waals surface area (Å²) in [6.07, 6.45) is 0. The highest BCUT2D eigenvalue weighted by atomic mass is 15.4. The van der Waals surface area contributed by atoms with E-state index < -0.39 is 0 Å². The summed E-state index contributed by atoms with van der Waals surface area (Å²) in [5.74, 6) is 1.25. The van der Waals surface area contributed by atoms with Gasteiger partial charge in [-0.05, 0) is 27.7 Å². The summed E-state index contributed by atoms with van der Waals surface area (Å²) in [6, 6.07) is 1.33. The molecule has 2 heterocycles. The Balaban J connectivity index is 1.79. The fourth-order valence-electron chi connectivity index (χ4n) is 3.19. The number of rotatable bonds is 4. The van der Waals surface area contributed by atoms with Gasteiger partial charge in [0.05, 0.1) is 5.82 Å². The molecule has 0 radical (unpaired) electrons. The van der Waals surface area contributed by atoms with Gasteiger partial charge in [0.2, 0.25) is 0 Å². The van der Waals surface area contributed by atoms with E-state index >= 15 is 0 Å². The summed E-state index contributed by atoms with van der Waals surface area (Å²) < 4.78 is 0. The van der Waals surface area contributed by atoms with E-state index in [1.54, 1.807) is 0 Å². The van der Waals surface area contributed by atoms with Crippen molar-refractivity contribution in [1.82, 2.24) is 19.6 Å². The highest BCUT2D eigenvalue weighted by Crippen LogP contribution is 2.16. The second-order valence-corrected chi connectivity index (χ2v) is 6.65. The molecule has 0 N–H and O–H groups in total. The van der Waals surface area contributed by atoms with Crippen LogP contribution in [-0.4, -0.2) is 84.0 Å². The highest BCUT2D eigenvalue weighted by Gasteiger charge is 2.25. The predicted octanol–water partition coefficient (Wildman–Crippen LogP) is 1.51. The lowest BCUT2D eigenvalue weighted by Crippen LogP contribution is -2.54. The minimum Gasteiger partial charge on any atom is -0.356 e. The molecule has 4 heteroatoms. The Morgan fingerprint density at radius 3 is 1.20 bits per heavy atom. The van der Waals surface area contributed by atoms with Gasteiger partial charge in [-0.15, -0.1) is 0 Å². The summed E-state index contributed by atoms with van der Waals surface area (Å²) in [5.41, 5.74) is 0. The Labute approximate surface area is 125 Å². The molecule has 2 aliphatic rings. The zero-order valence-electron chi connectivity index (χ0n) is 13.8. The molecule has 0 atom stereocenters. The summed E-state index contributed by atoms with van der Waals surface area (Å²) in [6.45, 7) is 22.7. The first kappa shape index (κ1) is 15.6. The maximum atomic E-state index is 4.36. The lowest BCUT2D eigenvalue weighted by Gasteiger charge is -2.45. The fraction of sp³-hybridized carbons (Fsp3) is 0.875. The average molecular weight is 280 g/mol. The van der Waals surface area contributed by atoms with Crippen LogP contribution in [0.3, 0.4) is 0 Å². The topological polar surface area (TPSA) is 13.0 Å². The first-order chi connectivity index (χ1) is 9.49. The number of nitrogens with zero attached hydrogens (tertiary/aromatic N) is 4. The first-order valence-electron chi connectivity index (χ1n) is 8.16. The van der Waals surface area contributed by atoms with Crippen molar-refractivity contribution < 1.29 is 0 Å². The molecule has 0 bridgehead atoms. The maximum Gasteiger partial charge on any atom is 0.0966 e. The van der Waals surface area contributed by atoms with Crippen LogP contribution in [0.15, 0.2) is 12.4 Å². The van der Waals surface area contributed by atoms with Crippen molar-refractivity contribution in [2.24, 2.45) is 0 Å². The largest absolute Gasteiger partial charge is 0.356 e. The van der Waals surface area contributed by atoms with Crippen LogP contribution >= 0.6 is 0 Å². The Morgan fingerprint density at radius 2 is 0.950 bits per heavy atom. The second kappa shape index (κ2) is 6.81. The molecule has 20 heavy (non-hydrogen) atoms. The lowest BCUT2D eigenvalue weighted by atomic mass is 10.2. The summed E-state index contributed by atoms with van der Waals surface area (Å²) in [5, 5.41) is 0. The van der Waals surface area contributed by atoms with Crippen LogP contribution < -0.4 is 0 Å². The lowest BCUT2D eigenvalue weighted by molar-refractivity contribution is 0.0733.